The first-order valence-corrected chi connectivity index (χ1v) is 3.80. The summed E-state index contributed by atoms with van der Waals surface area (Å²) in [7, 11) is -4.83. The van der Waals surface area contributed by atoms with Gasteiger partial charge in [-0.2, -0.15) is 0 Å². The van der Waals surface area contributed by atoms with Gasteiger partial charge in [0.25, 0.3) is 0 Å². The first-order chi connectivity index (χ1) is 4.83. The van der Waals surface area contributed by atoms with Crippen molar-refractivity contribution in [1.82, 2.24) is 0 Å². The number of carbonyl (C=O) groups is 1. The van der Waals surface area contributed by atoms with E-state index in [9.17, 15) is 22.9 Å². The van der Waals surface area contributed by atoms with Crippen molar-refractivity contribution >= 4 is 16.4 Å². The molecule has 0 bridgehead atoms. The molecule has 0 fully saturated rings. The highest BCUT2D eigenvalue weighted by molar-refractivity contribution is 7.80. The molecule has 0 amide bonds. The van der Waals surface area contributed by atoms with E-state index < -0.39 is 29.0 Å². The number of carboxylic acids is 1. The predicted molar refractivity (Wildman–Crippen MR) is 27.3 cm³/mol. The van der Waals surface area contributed by atoms with Crippen LogP contribution in [0.4, 0.5) is 0 Å². The zero-order valence-corrected chi connectivity index (χ0v) is 6.17. The van der Waals surface area contributed by atoms with Crippen LogP contribution in [0.2, 0.25) is 0 Å². The summed E-state index contributed by atoms with van der Waals surface area (Å²) in [6.07, 6.45) is 0. The second-order valence-corrected chi connectivity index (χ2v) is 2.76. The molecule has 3 N–H and O–H groups in total. The molecule has 0 aliphatic heterocycles. The third-order valence-corrected chi connectivity index (χ3v) is 1.17. The van der Waals surface area contributed by atoms with E-state index in [1.54, 1.807) is 0 Å². The molecule has 0 aromatic heterocycles. The normalized spacial score (nSPS) is 14.4. The van der Waals surface area contributed by atoms with Crippen LogP contribution in [0.3, 0.4) is 0 Å². The quantitative estimate of drug-likeness (QED) is 0.348. The minimum atomic E-state index is -4.83. The average Bonchev–Trinajstić information content (AvgIpc) is 1.80. The topological polar surface area (TPSA) is 134 Å². The van der Waals surface area contributed by atoms with Crippen molar-refractivity contribution in [3.63, 3.8) is 0 Å². The molecule has 0 heterocycles. The third-order valence-electron chi connectivity index (χ3n) is 0.747. The molecule has 0 aliphatic carbocycles. The molecule has 0 aliphatic rings. The van der Waals surface area contributed by atoms with Crippen molar-refractivity contribution < 1.29 is 32.8 Å². The van der Waals surface area contributed by atoms with Crippen LogP contribution in [-0.4, -0.2) is 31.6 Å². The van der Waals surface area contributed by atoms with E-state index in [-0.39, 0.29) is 0 Å². The van der Waals surface area contributed by atoms with Crippen LogP contribution in [0.1, 0.15) is 0 Å². The van der Waals surface area contributed by atoms with Gasteiger partial charge in [0.15, 0.2) is 0 Å². The summed E-state index contributed by atoms with van der Waals surface area (Å²) in [6, 6.07) is -1.36. The Balaban J connectivity index is 3.82. The van der Waals surface area contributed by atoms with Gasteiger partial charge in [0, 0.05) is 0 Å². The number of carboxylic acid groups (broad SMARTS) is 1. The van der Waals surface area contributed by atoms with Crippen LogP contribution in [0.25, 0.3) is 0 Å². The summed E-state index contributed by atoms with van der Waals surface area (Å²) in [6.45, 7) is -0.797. The SMILES string of the molecule is [NH3+][C@H](COS(=O)(=O)[O-])C(=O)[O-]. The maximum atomic E-state index is 9.87. The second-order valence-electron chi connectivity index (χ2n) is 1.71. The van der Waals surface area contributed by atoms with Gasteiger partial charge in [0.05, 0.1) is 0 Å². The van der Waals surface area contributed by atoms with Crippen LogP contribution in [-0.2, 0) is 19.4 Å². The summed E-state index contributed by atoms with van der Waals surface area (Å²) in [4.78, 5) is 9.87. The van der Waals surface area contributed by atoms with E-state index >= 15 is 0 Å². The van der Waals surface area contributed by atoms with Gasteiger partial charge >= 0.3 is 0 Å². The monoisotopic (exact) mass is 184 g/mol. The van der Waals surface area contributed by atoms with E-state index in [1.165, 1.54) is 0 Å². The number of hydrogen-bond acceptors (Lipinski definition) is 6. The average molecular weight is 184 g/mol. The summed E-state index contributed by atoms with van der Waals surface area (Å²) >= 11 is 0. The van der Waals surface area contributed by atoms with Crippen LogP contribution >= 0.6 is 0 Å². The number of hydrogen-bond donors (Lipinski definition) is 1. The molecule has 0 aromatic carbocycles. The van der Waals surface area contributed by atoms with Crippen molar-refractivity contribution in [1.29, 1.82) is 0 Å². The van der Waals surface area contributed by atoms with Crippen molar-refractivity contribution in [2.45, 2.75) is 6.04 Å². The van der Waals surface area contributed by atoms with E-state index in [0.29, 0.717) is 0 Å². The molecule has 0 saturated heterocycles. The number of rotatable bonds is 4. The number of quaternary nitrogens is 1. The Morgan fingerprint density at radius 1 is 1.64 bits per heavy atom. The molecule has 0 spiro atoms. The largest absolute Gasteiger partial charge is 0.726 e. The summed E-state index contributed by atoms with van der Waals surface area (Å²) in [5.74, 6) is -1.58. The summed E-state index contributed by atoms with van der Waals surface area (Å²) in [5, 5.41) is 9.87. The molecule has 7 nitrogen and oxygen atoms in total. The molecule has 11 heavy (non-hydrogen) atoms. The second kappa shape index (κ2) is 3.62. The molecule has 0 rings (SSSR count). The Morgan fingerprint density at radius 3 is 2.36 bits per heavy atom. The minimum Gasteiger partial charge on any atom is -0.726 e. The van der Waals surface area contributed by atoms with E-state index in [0.717, 1.165) is 0 Å². The van der Waals surface area contributed by atoms with E-state index in [4.69, 9.17) is 0 Å². The predicted octanol–water partition coefficient (Wildman–Crippen LogP) is -4.18. The lowest BCUT2D eigenvalue weighted by Crippen LogP contribution is -2.70. The molecule has 8 heteroatoms. The van der Waals surface area contributed by atoms with Gasteiger partial charge in [-0.1, -0.05) is 0 Å². The Kier molecular flexibility index (Phi) is 3.39. The molecule has 66 valence electrons. The van der Waals surface area contributed by atoms with Gasteiger partial charge in [0.2, 0.25) is 10.4 Å². The van der Waals surface area contributed by atoms with E-state index in [2.05, 4.69) is 9.92 Å². The highest BCUT2D eigenvalue weighted by Gasteiger charge is 2.08. The molecule has 0 radical (unpaired) electrons. The molecular weight excluding hydrogens is 178 g/mol. The van der Waals surface area contributed by atoms with Crippen LogP contribution in [0.5, 0.6) is 0 Å². The lowest BCUT2D eigenvalue weighted by atomic mass is 10.3. The van der Waals surface area contributed by atoms with Gasteiger partial charge in [-0.15, -0.1) is 0 Å². The summed E-state index contributed by atoms with van der Waals surface area (Å²) < 4.78 is 32.8. The van der Waals surface area contributed by atoms with Gasteiger partial charge in [-0.25, -0.2) is 8.42 Å². The molecule has 0 aromatic rings. The van der Waals surface area contributed by atoms with Crippen molar-refractivity contribution in [2.75, 3.05) is 6.61 Å². The third kappa shape index (κ3) is 5.73. The highest BCUT2D eigenvalue weighted by atomic mass is 32.3. The zero-order chi connectivity index (χ0) is 9.07. The Hall–Kier alpha value is -0.700. The van der Waals surface area contributed by atoms with Crippen molar-refractivity contribution in [2.24, 2.45) is 0 Å². The van der Waals surface area contributed by atoms with Crippen LogP contribution in [0.15, 0.2) is 0 Å². The standard InChI is InChI=1S/C3H7NO6S/c4-2(3(5)6)1-10-11(7,8)9/h2H,1,4H2,(H,5,6)(H,7,8,9)/p-1/t2-/m1/s1. The Bertz CT molecular complexity index is 232. The van der Waals surface area contributed by atoms with Gasteiger partial charge < -0.3 is 20.2 Å². The lowest BCUT2D eigenvalue weighted by Gasteiger charge is -2.11. The summed E-state index contributed by atoms with van der Waals surface area (Å²) in [5.41, 5.74) is 2.95. The number of aliphatic carboxylic acids is 1. The van der Waals surface area contributed by atoms with Gasteiger partial charge in [0.1, 0.15) is 18.6 Å². The maximum absolute atomic E-state index is 9.87. The van der Waals surface area contributed by atoms with Crippen molar-refractivity contribution in [3.8, 4) is 0 Å². The molecule has 1 atom stereocenters. The highest BCUT2D eigenvalue weighted by Crippen LogP contribution is 1.85. The van der Waals surface area contributed by atoms with Crippen LogP contribution in [0, 0.1) is 0 Å². The Labute approximate surface area is 62.7 Å². The maximum Gasteiger partial charge on any atom is 0.217 e. The van der Waals surface area contributed by atoms with Crippen molar-refractivity contribution in [3.05, 3.63) is 0 Å². The molecule has 0 saturated carbocycles. The fourth-order valence-corrected chi connectivity index (χ4v) is 0.564. The van der Waals surface area contributed by atoms with E-state index in [1.807, 2.05) is 0 Å². The molecular formula is C3H6NO6S-. The fraction of sp³-hybridized carbons (Fsp3) is 0.667. The Morgan fingerprint density at radius 2 is 2.09 bits per heavy atom. The molecule has 0 unspecified atom stereocenters. The first-order valence-electron chi connectivity index (χ1n) is 2.47. The van der Waals surface area contributed by atoms with Gasteiger partial charge in [-0.05, 0) is 0 Å². The fourth-order valence-electron chi connectivity index (χ4n) is 0.234. The first kappa shape index (κ1) is 10.3. The minimum absolute atomic E-state index is 0.797. The zero-order valence-electron chi connectivity index (χ0n) is 5.35. The number of carbonyl (C=O) groups excluding carboxylic acids is 1. The van der Waals surface area contributed by atoms with Gasteiger partial charge in [-0.3, -0.25) is 4.18 Å². The van der Waals surface area contributed by atoms with Crippen LogP contribution < -0.4 is 10.8 Å². The smallest absolute Gasteiger partial charge is 0.217 e. The lowest BCUT2D eigenvalue weighted by molar-refractivity contribution is -0.440.